The van der Waals surface area contributed by atoms with Crippen LogP contribution in [0.15, 0.2) is 51.8 Å². The largest absolute Gasteiger partial charge is 0.398 e. The van der Waals surface area contributed by atoms with Crippen molar-refractivity contribution in [3.63, 3.8) is 0 Å². The molecule has 0 amide bonds. The van der Waals surface area contributed by atoms with E-state index in [9.17, 15) is 12.8 Å². The predicted octanol–water partition coefficient (Wildman–Crippen LogP) is 3.21. The molecule has 0 heterocycles. The summed E-state index contributed by atoms with van der Waals surface area (Å²) in [5.41, 5.74) is 6.54. The molecule has 2 aromatic rings. The number of nitrogens with one attached hydrogen (secondary N) is 1. The van der Waals surface area contributed by atoms with Crippen LogP contribution in [0.1, 0.15) is 18.5 Å². The van der Waals surface area contributed by atoms with Crippen LogP contribution in [-0.4, -0.2) is 8.42 Å². The van der Waals surface area contributed by atoms with E-state index in [0.29, 0.717) is 10.0 Å². The molecule has 0 radical (unpaired) electrons. The minimum absolute atomic E-state index is 0.00540. The molecule has 112 valence electrons. The van der Waals surface area contributed by atoms with E-state index in [-0.39, 0.29) is 16.4 Å². The Hall–Kier alpha value is -1.44. The van der Waals surface area contributed by atoms with Gasteiger partial charge in [0, 0.05) is 10.5 Å². The van der Waals surface area contributed by atoms with E-state index in [1.54, 1.807) is 13.0 Å². The summed E-state index contributed by atoms with van der Waals surface area (Å²) in [6.07, 6.45) is 0. The van der Waals surface area contributed by atoms with Crippen molar-refractivity contribution in [1.82, 2.24) is 4.72 Å². The first-order valence-corrected chi connectivity index (χ1v) is 8.40. The minimum atomic E-state index is -3.77. The van der Waals surface area contributed by atoms with Gasteiger partial charge in [-0.3, -0.25) is 0 Å². The van der Waals surface area contributed by atoms with E-state index in [1.807, 2.05) is 0 Å². The standard InChI is InChI=1S/C14H14BrFN2O2S/c1-9(10-2-5-12(16)6-3-10)18-21(19,20)14-8-11(15)4-7-13(14)17/h2-9,18H,17H2,1H3. The van der Waals surface area contributed by atoms with E-state index >= 15 is 0 Å². The number of nitrogen functional groups attached to an aromatic ring is 1. The van der Waals surface area contributed by atoms with E-state index in [0.717, 1.165) is 0 Å². The Kier molecular flexibility index (Phi) is 4.65. The molecule has 1 atom stereocenters. The van der Waals surface area contributed by atoms with Gasteiger partial charge >= 0.3 is 0 Å². The van der Waals surface area contributed by atoms with Crippen LogP contribution in [0.5, 0.6) is 0 Å². The minimum Gasteiger partial charge on any atom is -0.398 e. The van der Waals surface area contributed by atoms with Crippen LogP contribution >= 0.6 is 15.9 Å². The van der Waals surface area contributed by atoms with Gasteiger partial charge in [-0.1, -0.05) is 28.1 Å². The second-order valence-corrected chi connectivity index (χ2v) is 7.17. The normalized spacial score (nSPS) is 13.1. The van der Waals surface area contributed by atoms with Gasteiger partial charge < -0.3 is 5.73 Å². The Labute approximate surface area is 131 Å². The molecule has 0 fully saturated rings. The van der Waals surface area contributed by atoms with E-state index in [4.69, 9.17) is 5.73 Å². The van der Waals surface area contributed by atoms with Crippen LogP contribution < -0.4 is 10.5 Å². The second kappa shape index (κ2) is 6.13. The average Bonchev–Trinajstić information content (AvgIpc) is 2.41. The third-order valence-electron chi connectivity index (χ3n) is 2.97. The summed E-state index contributed by atoms with van der Waals surface area (Å²) in [6, 6.07) is 9.75. The second-order valence-electron chi connectivity index (χ2n) is 4.58. The van der Waals surface area contributed by atoms with E-state index in [1.165, 1.54) is 36.4 Å². The van der Waals surface area contributed by atoms with Crippen molar-refractivity contribution in [2.24, 2.45) is 0 Å². The number of hydrogen-bond acceptors (Lipinski definition) is 3. The number of benzene rings is 2. The van der Waals surface area contributed by atoms with Gasteiger partial charge in [-0.2, -0.15) is 0 Å². The lowest BCUT2D eigenvalue weighted by Gasteiger charge is -2.16. The van der Waals surface area contributed by atoms with Crippen molar-refractivity contribution in [1.29, 1.82) is 0 Å². The Morgan fingerprint density at radius 1 is 1.19 bits per heavy atom. The fourth-order valence-corrected chi connectivity index (χ4v) is 3.76. The summed E-state index contributed by atoms with van der Waals surface area (Å²) >= 11 is 3.22. The zero-order valence-corrected chi connectivity index (χ0v) is 13.6. The van der Waals surface area contributed by atoms with Gasteiger partial charge in [0.25, 0.3) is 0 Å². The lowest BCUT2D eigenvalue weighted by molar-refractivity contribution is 0.567. The summed E-state index contributed by atoms with van der Waals surface area (Å²) in [6.45, 7) is 1.68. The van der Waals surface area contributed by atoms with Gasteiger partial charge in [0.15, 0.2) is 0 Å². The van der Waals surface area contributed by atoms with Gasteiger partial charge in [0.1, 0.15) is 10.7 Å². The van der Waals surface area contributed by atoms with Gasteiger partial charge in [-0.15, -0.1) is 0 Å². The molecule has 0 saturated heterocycles. The zero-order valence-electron chi connectivity index (χ0n) is 11.2. The molecule has 4 nitrogen and oxygen atoms in total. The SMILES string of the molecule is CC(NS(=O)(=O)c1cc(Br)ccc1N)c1ccc(F)cc1. The molecule has 0 aliphatic carbocycles. The van der Waals surface area contributed by atoms with Crippen molar-refractivity contribution in [2.45, 2.75) is 17.9 Å². The number of anilines is 1. The summed E-state index contributed by atoms with van der Waals surface area (Å²) in [7, 11) is -3.77. The van der Waals surface area contributed by atoms with Gasteiger partial charge in [-0.05, 0) is 42.8 Å². The Balaban J connectivity index is 2.28. The highest BCUT2D eigenvalue weighted by Gasteiger charge is 2.21. The van der Waals surface area contributed by atoms with Gasteiger partial charge in [0.2, 0.25) is 10.0 Å². The molecule has 0 bridgehead atoms. The Morgan fingerprint density at radius 3 is 2.43 bits per heavy atom. The molecule has 3 N–H and O–H groups in total. The maximum absolute atomic E-state index is 12.9. The van der Waals surface area contributed by atoms with Crippen LogP contribution in [-0.2, 0) is 10.0 Å². The van der Waals surface area contributed by atoms with Crippen LogP contribution in [0.4, 0.5) is 10.1 Å². The van der Waals surface area contributed by atoms with Crippen molar-refractivity contribution < 1.29 is 12.8 Å². The fourth-order valence-electron chi connectivity index (χ4n) is 1.86. The molecule has 0 saturated carbocycles. The lowest BCUT2D eigenvalue weighted by atomic mass is 10.1. The number of hydrogen-bond donors (Lipinski definition) is 2. The smallest absolute Gasteiger partial charge is 0.243 e. The van der Waals surface area contributed by atoms with Gasteiger partial charge in [0.05, 0.1) is 5.69 Å². The third kappa shape index (κ3) is 3.81. The van der Waals surface area contributed by atoms with Crippen molar-refractivity contribution >= 4 is 31.6 Å². The Bertz CT molecular complexity index is 748. The maximum atomic E-state index is 12.9. The summed E-state index contributed by atoms with van der Waals surface area (Å²) < 4.78 is 40.8. The first-order valence-electron chi connectivity index (χ1n) is 6.12. The Morgan fingerprint density at radius 2 is 1.81 bits per heavy atom. The monoisotopic (exact) mass is 372 g/mol. The summed E-state index contributed by atoms with van der Waals surface area (Å²) in [5, 5.41) is 0. The van der Waals surface area contributed by atoms with Crippen molar-refractivity contribution in [3.8, 4) is 0 Å². The summed E-state index contributed by atoms with van der Waals surface area (Å²) in [4.78, 5) is 0.00540. The lowest BCUT2D eigenvalue weighted by Crippen LogP contribution is -2.27. The number of sulfonamides is 1. The molecule has 21 heavy (non-hydrogen) atoms. The quantitative estimate of drug-likeness (QED) is 0.809. The van der Waals surface area contributed by atoms with Crippen LogP contribution in [0.3, 0.4) is 0 Å². The molecule has 2 aromatic carbocycles. The molecule has 0 aromatic heterocycles. The highest BCUT2D eigenvalue weighted by molar-refractivity contribution is 9.10. The number of halogens is 2. The predicted molar refractivity (Wildman–Crippen MR) is 83.7 cm³/mol. The molecular weight excluding hydrogens is 359 g/mol. The molecule has 0 spiro atoms. The topological polar surface area (TPSA) is 72.2 Å². The average molecular weight is 373 g/mol. The molecular formula is C14H14BrFN2O2S. The maximum Gasteiger partial charge on any atom is 0.243 e. The van der Waals surface area contributed by atoms with Gasteiger partial charge in [-0.25, -0.2) is 17.5 Å². The van der Waals surface area contributed by atoms with Crippen LogP contribution in [0.25, 0.3) is 0 Å². The number of rotatable bonds is 4. The summed E-state index contributed by atoms with van der Waals surface area (Å²) in [5.74, 6) is -0.370. The molecule has 0 aliphatic rings. The fraction of sp³-hybridized carbons (Fsp3) is 0.143. The molecule has 0 aliphatic heterocycles. The first-order chi connectivity index (χ1) is 9.79. The molecule has 1 unspecified atom stereocenters. The van der Waals surface area contributed by atoms with Crippen molar-refractivity contribution in [2.75, 3.05) is 5.73 Å². The zero-order chi connectivity index (χ0) is 15.6. The van der Waals surface area contributed by atoms with E-state index < -0.39 is 16.1 Å². The number of nitrogens with two attached hydrogens (primary N) is 1. The van der Waals surface area contributed by atoms with Crippen LogP contribution in [0, 0.1) is 5.82 Å². The molecule has 7 heteroatoms. The first kappa shape index (κ1) is 15.9. The highest BCUT2D eigenvalue weighted by atomic mass is 79.9. The highest BCUT2D eigenvalue weighted by Crippen LogP contribution is 2.24. The third-order valence-corrected chi connectivity index (χ3v) is 5.06. The van der Waals surface area contributed by atoms with Crippen LogP contribution in [0.2, 0.25) is 0 Å². The van der Waals surface area contributed by atoms with Crippen molar-refractivity contribution in [3.05, 3.63) is 58.3 Å². The molecule has 2 rings (SSSR count). The van der Waals surface area contributed by atoms with E-state index in [2.05, 4.69) is 20.7 Å².